The number of benzene rings is 1. The van der Waals surface area contributed by atoms with Gasteiger partial charge in [-0.05, 0) is 43.9 Å². The molecule has 19 heavy (non-hydrogen) atoms. The standard InChI is InChI=1S/C15H22FNO2/c1-11(18)14-9-13(16)5-6-15(14)17(2)7-8-19-10-12-3-4-12/h5-6,9,11-12,18H,3-4,7-8,10H2,1-2H3/t11-/m1/s1. The molecule has 1 fully saturated rings. The third-order valence-corrected chi connectivity index (χ3v) is 3.47. The lowest BCUT2D eigenvalue weighted by molar-refractivity contribution is 0.130. The van der Waals surface area contributed by atoms with Crippen molar-refractivity contribution in [2.45, 2.75) is 25.9 Å². The van der Waals surface area contributed by atoms with E-state index in [1.165, 1.54) is 25.0 Å². The summed E-state index contributed by atoms with van der Waals surface area (Å²) in [6.07, 6.45) is 1.90. The molecule has 106 valence electrons. The predicted molar refractivity (Wildman–Crippen MR) is 73.8 cm³/mol. The second-order valence-electron chi connectivity index (χ2n) is 5.32. The Labute approximate surface area is 114 Å². The van der Waals surface area contributed by atoms with Gasteiger partial charge in [0, 0.05) is 31.5 Å². The Morgan fingerprint density at radius 2 is 2.21 bits per heavy atom. The number of hydrogen-bond acceptors (Lipinski definition) is 3. The molecule has 0 saturated heterocycles. The van der Waals surface area contributed by atoms with Crippen LogP contribution in [-0.2, 0) is 4.74 Å². The molecule has 0 heterocycles. The van der Waals surface area contributed by atoms with E-state index < -0.39 is 6.10 Å². The first-order chi connectivity index (χ1) is 9.08. The molecule has 1 atom stereocenters. The van der Waals surface area contributed by atoms with E-state index in [1.807, 2.05) is 11.9 Å². The van der Waals surface area contributed by atoms with Crippen molar-refractivity contribution in [2.75, 3.05) is 31.7 Å². The van der Waals surface area contributed by atoms with E-state index in [9.17, 15) is 9.50 Å². The maximum absolute atomic E-state index is 13.2. The highest BCUT2D eigenvalue weighted by Crippen LogP contribution is 2.29. The lowest BCUT2D eigenvalue weighted by Gasteiger charge is -2.23. The van der Waals surface area contributed by atoms with Gasteiger partial charge in [-0.2, -0.15) is 0 Å². The fourth-order valence-corrected chi connectivity index (χ4v) is 2.06. The molecule has 0 unspecified atom stereocenters. The molecule has 1 N–H and O–H groups in total. The van der Waals surface area contributed by atoms with E-state index >= 15 is 0 Å². The molecule has 1 saturated carbocycles. The van der Waals surface area contributed by atoms with Crippen molar-refractivity contribution in [2.24, 2.45) is 5.92 Å². The van der Waals surface area contributed by atoms with Crippen LogP contribution in [0.2, 0.25) is 0 Å². The molecule has 1 aliphatic carbocycles. The molecule has 3 nitrogen and oxygen atoms in total. The summed E-state index contributed by atoms with van der Waals surface area (Å²) in [4.78, 5) is 1.99. The van der Waals surface area contributed by atoms with Gasteiger partial charge in [0.2, 0.25) is 0 Å². The van der Waals surface area contributed by atoms with Crippen LogP contribution in [0.1, 0.15) is 31.4 Å². The van der Waals surface area contributed by atoms with Gasteiger partial charge in [-0.15, -0.1) is 0 Å². The van der Waals surface area contributed by atoms with Crippen molar-refractivity contribution in [1.82, 2.24) is 0 Å². The van der Waals surface area contributed by atoms with E-state index in [-0.39, 0.29) is 5.82 Å². The molecule has 2 rings (SSSR count). The first-order valence-electron chi connectivity index (χ1n) is 6.84. The average Bonchev–Trinajstić information content (AvgIpc) is 3.18. The number of anilines is 1. The summed E-state index contributed by atoms with van der Waals surface area (Å²) in [6.45, 7) is 3.89. The Morgan fingerprint density at radius 3 is 2.84 bits per heavy atom. The second-order valence-corrected chi connectivity index (χ2v) is 5.32. The minimum atomic E-state index is -0.680. The highest BCUT2D eigenvalue weighted by atomic mass is 19.1. The molecule has 0 aliphatic heterocycles. The van der Waals surface area contributed by atoms with Gasteiger partial charge in [0.1, 0.15) is 5.82 Å². The third kappa shape index (κ3) is 4.18. The number of hydrogen-bond donors (Lipinski definition) is 1. The summed E-state index contributed by atoms with van der Waals surface area (Å²) in [5.74, 6) is 0.446. The molecule has 4 heteroatoms. The molecule has 1 aromatic rings. The number of halogens is 1. The molecular formula is C15H22FNO2. The van der Waals surface area contributed by atoms with Crippen molar-refractivity contribution < 1.29 is 14.2 Å². The van der Waals surface area contributed by atoms with Crippen LogP contribution < -0.4 is 4.90 Å². The second kappa shape index (κ2) is 6.35. The van der Waals surface area contributed by atoms with Gasteiger partial charge in [-0.25, -0.2) is 4.39 Å². The largest absolute Gasteiger partial charge is 0.389 e. The van der Waals surface area contributed by atoms with Gasteiger partial charge in [0.05, 0.1) is 12.7 Å². The van der Waals surface area contributed by atoms with Crippen molar-refractivity contribution in [3.63, 3.8) is 0 Å². The lowest BCUT2D eigenvalue weighted by Crippen LogP contribution is -2.24. The number of ether oxygens (including phenoxy) is 1. The SMILES string of the molecule is C[C@@H](O)c1cc(F)ccc1N(C)CCOCC1CC1. The van der Waals surface area contributed by atoms with Gasteiger partial charge in [-0.1, -0.05) is 0 Å². The normalized spacial score (nSPS) is 16.4. The Bertz CT molecular complexity index is 419. The van der Waals surface area contributed by atoms with Crippen LogP contribution in [-0.4, -0.2) is 31.9 Å². The van der Waals surface area contributed by atoms with Crippen LogP contribution in [0.25, 0.3) is 0 Å². The van der Waals surface area contributed by atoms with Crippen LogP contribution in [0, 0.1) is 11.7 Å². The molecular weight excluding hydrogens is 245 g/mol. The van der Waals surface area contributed by atoms with Crippen LogP contribution in [0.4, 0.5) is 10.1 Å². The van der Waals surface area contributed by atoms with E-state index in [0.29, 0.717) is 12.2 Å². The number of rotatable bonds is 7. The molecule has 1 aliphatic rings. The van der Waals surface area contributed by atoms with E-state index in [1.54, 1.807) is 13.0 Å². The van der Waals surface area contributed by atoms with Crippen LogP contribution in [0.5, 0.6) is 0 Å². The van der Waals surface area contributed by atoms with Crippen molar-refractivity contribution >= 4 is 5.69 Å². The molecule has 0 spiro atoms. The van der Waals surface area contributed by atoms with Crippen LogP contribution in [0.15, 0.2) is 18.2 Å². The fourth-order valence-electron chi connectivity index (χ4n) is 2.06. The minimum absolute atomic E-state index is 0.321. The first kappa shape index (κ1) is 14.3. The smallest absolute Gasteiger partial charge is 0.123 e. The number of likely N-dealkylation sites (N-methyl/N-ethyl adjacent to an activating group) is 1. The van der Waals surface area contributed by atoms with E-state index in [0.717, 1.165) is 24.8 Å². The van der Waals surface area contributed by atoms with Crippen molar-refractivity contribution in [3.8, 4) is 0 Å². The number of nitrogens with zero attached hydrogens (tertiary/aromatic N) is 1. The van der Waals surface area contributed by atoms with Gasteiger partial charge in [0.25, 0.3) is 0 Å². The highest BCUT2D eigenvalue weighted by Gasteiger charge is 2.21. The molecule has 0 bridgehead atoms. The van der Waals surface area contributed by atoms with Gasteiger partial charge in [-0.3, -0.25) is 0 Å². The van der Waals surface area contributed by atoms with Gasteiger partial charge < -0.3 is 14.7 Å². The summed E-state index contributed by atoms with van der Waals surface area (Å²) in [5.41, 5.74) is 1.47. The van der Waals surface area contributed by atoms with Crippen LogP contribution >= 0.6 is 0 Å². The van der Waals surface area contributed by atoms with Crippen molar-refractivity contribution in [3.05, 3.63) is 29.6 Å². The quantitative estimate of drug-likeness (QED) is 0.771. The maximum Gasteiger partial charge on any atom is 0.123 e. The van der Waals surface area contributed by atoms with Crippen LogP contribution in [0.3, 0.4) is 0 Å². The lowest BCUT2D eigenvalue weighted by atomic mass is 10.1. The summed E-state index contributed by atoms with van der Waals surface area (Å²) in [6, 6.07) is 4.52. The highest BCUT2D eigenvalue weighted by molar-refractivity contribution is 5.54. The maximum atomic E-state index is 13.2. The summed E-state index contributed by atoms with van der Waals surface area (Å²) >= 11 is 0. The first-order valence-corrected chi connectivity index (χ1v) is 6.84. The molecule has 1 aromatic carbocycles. The third-order valence-electron chi connectivity index (χ3n) is 3.47. The Hall–Kier alpha value is -1.13. The van der Waals surface area contributed by atoms with Gasteiger partial charge >= 0.3 is 0 Å². The molecule has 0 aromatic heterocycles. The zero-order valence-corrected chi connectivity index (χ0v) is 11.6. The van der Waals surface area contributed by atoms with Crippen molar-refractivity contribution in [1.29, 1.82) is 0 Å². The Morgan fingerprint density at radius 1 is 1.47 bits per heavy atom. The molecule has 0 radical (unpaired) electrons. The monoisotopic (exact) mass is 267 g/mol. The Kier molecular flexibility index (Phi) is 4.77. The van der Waals surface area contributed by atoms with Gasteiger partial charge in [0.15, 0.2) is 0 Å². The number of aliphatic hydroxyl groups excluding tert-OH is 1. The number of aliphatic hydroxyl groups is 1. The molecule has 0 amide bonds. The summed E-state index contributed by atoms with van der Waals surface area (Å²) < 4.78 is 18.8. The Balaban J connectivity index is 1.90. The predicted octanol–water partition coefficient (Wildman–Crippen LogP) is 2.74. The minimum Gasteiger partial charge on any atom is -0.389 e. The van der Waals surface area contributed by atoms with E-state index in [2.05, 4.69) is 0 Å². The van der Waals surface area contributed by atoms with E-state index in [4.69, 9.17) is 4.74 Å². The zero-order valence-electron chi connectivity index (χ0n) is 11.6. The topological polar surface area (TPSA) is 32.7 Å². The summed E-state index contributed by atoms with van der Waals surface area (Å²) in [5, 5.41) is 9.71. The zero-order chi connectivity index (χ0) is 13.8. The summed E-state index contributed by atoms with van der Waals surface area (Å²) in [7, 11) is 1.93. The average molecular weight is 267 g/mol. The fraction of sp³-hybridized carbons (Fsp3) is 0.600.